The highest BCUT2D eigenvalue weighted by Gasteiger charge is 2.34. The third-order valence-corrected chi connectivity index (χ3v) is 4.49. The SMILES string of the molecule is Cc1nn(C)c(C(=O)NC2CCCCCCC2C(=O)O)c1[N+](=O)[O-]. The van der Waals surface area contributed by atoms with E-state index in [1.807, 2.05) is 0 Å². The Morgan fingerprint density at radius 1 is 1.29 bits per heavy atom. The first kappa shape index (κ1) is 17.9. The largest absolute Gasteiger partial charge is 0.481 e. The lowest BCUT2D eigenvalue weighted by molar-refractivity contribution is -0.385. The van der Waals surface area contributed by atoms with Gasteiger partial charge in [-0.2, -0.15) is 5.10 Å². The topological polar surface area (TPSA) is 127 Å². The second kappa shape index (κ2) is 7.41. The van der Waals surface area contributed by atoms with Crippen LogP contribution in [-0.4, -0.2) is 37.7 Å². The number of nitrogens with zero attached hydrogens (tertiary/aromatic N) is 3. The molecule has 0 spiro atoms. The van der Waals surface area contributed by atoms with Crippen LogP contribution in [0.2, 0.25) is 0 Å². The fourth-order valence-corrected chi connectivity index (χ4v) is 3.31. The Hall–Kier alpha value is -2.45. The number of hydrogen-bond donors (Lipinski definition) is 2. The monoisotopic (exact) mass is 338 g/mol. The van der Waals surface area contributed by atoms with E-state index >= 15 is 0 Å². The van der Waals surface area contributed by atoms with Crippen molar-refractivity contribution < 1.29 is 19.6 Å². The summed E-state index contributed by atoms with van der Waals surface area (Å²) in [6.07, 6.45) is 4.64. The molecule has 0 aromatic carbocycles. The number of carbonyl (C=O) groups excluding carboxylic acids is 1. The predicted octanol–water partition coefficient (Wildman–Crippen LogP) is 1.79. The number of amides is 1. The lowest BCUT2D eigenvalue weighted by Gasteiger charge is -2.27. The van der Waals surface area contributed by atoms with E-state index in [9.17, 15) is 24.8 Å². The summed E-state index contributed by atoms with van der Waals surface area (Å²) in [7, 11) is 1.46. The zero-order valence-electron chi connectivity index (χ0n) is 13.8. The van der Waals surface area contributed by atoms with Crippen LogP contribution in [-0.2, 0) is 11.8 Å². The van der Waals surface area contributed by atoms with Gasteiger partial charge in [-0.3, -0.25) is 24.4 Å². The molecule has 0 aliphatic heterocycles. The Morgan fingerprint density at radius 3 is 2.50 bits per heavy atom. The Balaban J connectivity index is 2.26. The van der Waals surface area contributed by atoms with Gasteiger partial charge in [-0.1, -0.05) is 25.7 Å². The summed E-state index contributed by atoms with van der Waals surface area (Å²) >= 11 is 0. The van der Waals surface area contributed by atoms with E-state index in [0.717, 1.165) is 25.7 Å². The molecule has 0 saturated heterocycles. The summed E-state index contributed by atoms with van der Waals surface area (Å²) in [5, 5.41) is 27.3. The Bertz CT molecular complexity index is 655. The molecule has 2 unspecified atom stereocenters. The molecule has 2 rings (SSSR count). The molecule has 0 radical (unpaired) electrons. The van der Waals surface area contributed by atoms with E-state index in [2.05, 4.69) is 10.4 Å². The van der Waals surface area contributed by atoms with Crippen molar-refractivity contribution in [1.29, 1.82) is 0 Å². The summed E-state index contributed by atoms with van der Waals surface area (Å²) in [5.74, 6) is -2.28. The van der Waals surface area contributed by atoms with Crippen molar-refractivity contribution in [2.24, 2.45) is 13.0 Å². The maximum absolute atomic E-state index is 12.6. The number of aryl methyl sites for hydroxylation is 2. The molecule has 1 amide bonds. The van der Waals surface area contributed by atoms with E-state index in [4.69, 9.17) is 0 Å². The van der Waals surface area contributed by atoms with Crippen LogP contribution in [0, 0.1) is 23.0 Å². The number of nitro groups is 1. The number of carboxylic acids is 1. The number of hydrogen-bond acceptors (Lipinski definition) is 5. The molecule has 1 fully saturated rings. The van der Waals surface area contributed by atoms with Crippen LogP contribution >= 0.6 is 0 Å². The summed E-state index contributed by atoms with van der Waals surface area (Å²) in [5.41, 5.74) is -0.337. The highest BCUT2D eigenvalue weighted by molar-refractivity contribution is 5.97. The van der Waals surface area contributed by atoms with Crippen molar-refractivity contribution in [2.45, 2.75) is 51.5 Å². The van der Waals surface area contributed by atoms with Crippen LogP contribution < -0.4 is 5.32 Å². The fraction of sp³-hybridized carbons (Fsp3) is 0.667. The van der Waals surface area contributed by atoms with Gasteiger partial charge in [-0.25, -0.2) is 0 Å². The van der Waals surface area contributed by atoms with Gasteiger partial charge in [0.2, 0.25) is 5.69 Å². The molecule has 24 heavy (non-hydrogen) atoms. The Kier molecular flexibility index (Phi) is 5.53. The van der Waals surface area contributed by atoms with Gasteiger partial charge >= 0.3 is 11.7 Å². The molecule has 2 atom stereocenters. The van der Waals surface area contributed by atoms with Crippen molar-refractivity contribution in [2.75, 3.05) is 0 Å². The molecule has 0 bridgehead atoms. The van der Waals surface area contributed by atoms with Crippen LogP contribution in [0.3, 0.4) is 0 Å². The summed E-state index contributed by atoms with van der Waals surface area (Å²) in [6, 6.07) is -0.537. The highest BCUT2D eigenvalue weighted by atomic mass is 16.6. The first-order valence-electron chi connectivity index (χ1n) is 8.04. The maximum atomic E-state index is 12.6. The minimum Gasteiger partial charge on any atom is -0.481 e. The molecule has 1 saturated carbocycles. The molecule has 132 valence electrons. The highest BCUT2D eigenvalue weighted by Crippen LogP contribution is 2.26. The van der Waals surface area contributed by atoms with Crippen molar-refractivity contribution in [3.63, 3.8) is 0 Å². The molecule has 2 N–H and O–H groups in total. The van der Waals surface area contributed by atoms with Gasteiger partial charge in [0.15, 0.2) is 0 Å². The van der Waals surface area contributed by atoms with E-state index < -0.39 is 28.8 Å². The normalized spacial score (nSPS) is 21.6. The minimum atomic E-state index is -0.946. The molecule has 1 aliphatic carbocycles. The summed E-state index contributed by atoms with van der Waals surface area (Å²) < 4.78 is 1.17. The van der Waals surface area contributed by atoms with E-state index in [1.165, 1.54) is 18.7 Å². The molecule has 9 nitrogen and oxygen atoms in total. The van der Waals surface area contributed by atoms with Crippen LogP contribution in [0.5, 0.6) is 0 Å². The fourth-order valence-electron chi connectivity index (χ4n) is 3.31. The lowest BCUT2D eigenvalue weighted by atomic mass is 9.86. The summed E-state index contributed by atoms with van der Waals surface area (Å²) in [6.45, 7) is 1.46. The van der Waals surface area contributed by atoms with Crippen LogP contribution in [0.25, 0.3) is 0 Å². The van der Waals surface area contributed by atoms with Crippen molar-refractivity contribution >= 4 is 17.6 Å². The number of carboxylic acid groups (broad SMARTS) is 1. The van der Waals surface area contributed by atoms with Crippen molar-refractivity contribution in [3.8, 4) is 0 Å². The molecule has 1 aliphatic rings. The zero-order valence-corrected chi connectivity index (χ0v) is 13.8. The number of nitrogens with one attached hydrogen (secondary N) is 1. The lowest BCUT2D eigenvalue weighted by Crippen LogP contribution is -2.44. The summed E-state index contributed by atoms with van der Waals surface area (Å²) in [4.78, 5) is 34.7. The number of rotatable bonds is 4. The third-order valence-electron chi connectivity index (χ3n) is 4.49. The van der Waals surface area contributed by atoms with Gasteiger partial charge in [-0.15, -0.1) is 0 Å². The molecule has 1 heterocycles. The molecule has 1 aromatic rings. The number of aromatic nitrogens is 2. The second-order valence-corrected chi connectivity index (χ2v) is 6.18. The third kappa shape index (κ3) is 3.72. The van der Waals surface area contributed by atoms with Gasteiger partial charge in [-0.05, 0) is 19.8 Å². The quantitative estimate of drug-likeness (QED) is 0.636. The zero-order chi connectivity index (χ0) is 17.9. The van der Waals surface area contributed by atoms with Gasteiger partial charge in [0.05, 0.1) is 10.8 Å². The number of carbonyl (C=O) groups is 2. The van der Waals surface area contributed by atoms with Gasteiger partial charge in [0, 0.05) is 13.1 Å². The molecule has 1 aromatic heterocycles. The average molecular weight is 338 g/mol. The number of aliphatic carboxylic acids is 1. The smallest absolute Gasteiger partial charge is 0.322 e. The van der Waals surface area contributed by atoms with Gasteiger partial charge in [0.1, 0.15) is 5.69 Å². The molecule has 9 heteroatoms. The van der Waals surface area contributed by atoms with E-state index in [0.29, 0.717) is 12.8 Å². The minimum absolute atomic E-state index is 0.149. The van der Waals surface area contributed by atoms with E-state index in [-0.39, 0.29) is 17.1 Å². The average Bonchev–Trinajstić information content (AvgIpc) is 2.76. The van der Waals surface area contributed by atoms with Crippen LogP contribution in [0.15, 0.2) is 0 Å². The second-order valence-electron chi connectivity index (χ2n) is 6.18. The van der Waals surface area contributed by atoms with Gasteiger partial charge in [0.25, 0.3) is 5.91 Å². The Labute approximate surface area is 139 Å². The first-order chi connectivity index (χ1) is 11.3. The predicted molar refractivity (Wildman–Crippen MR) is 84.7 cm³/mol. The van der Waals surface area contributed by atoms with Crippen molar-refractivity contribution in [1.82, 2.24) is 15.1 Å². The van der Waals surface area contributed by atoms with Crippen LogP contribution in [0.1, 0.15) is 54.7 Å². The molecular weight excluding hydrogens is 316 g/mol. The first-order valence-corrected chi connectivity index (χ1v) is 8.04. The van der Waals surface area contributed by atoms with Crippen LogP contribution in [0.4, 0.5) is 5.69 Å². The maximum Gasteiger partial charge on any atom is 0.322 e. The Morgan fingerprint density at radius 2 is 1.92 bits per heavy atom. The standard InChI is InChI=1S/C15H22N4O5/c1-9-12(19(23)24)13(18(2)17-9)14(20)16-11-8-6-4-3-5-7-10(11)15(21)22/h10-11H,3-8H2,1-2H3,(H,16,20)(H,21,22). The molecular formula is C15H22N4O5. The van der Waals surface area contributed by atoms with Crippen molar-refractivity contribution in [3.05, 3.63) is 21.5 Å². The van der Waals surface area contributed by atoms with E-state index in [1.54, 1.807) is 0 Å². The van der Waals surface area contributed by atoms with Gasteiger partial charge < -0.3 is 10.4 Å².